The summed E-state index contributed by atoms with van der Waals surface area (Å²) in [5.74, 6) is 0.0104. The minimum Gasteiger partial charge on any atom is -0.368 e. The van der Waals surface area contributed by atoms with Crippen LogP contribution in [-0.4, -0.2) is 50.1 Å². The lowest BCUT2D eigenvalue weighted by atomic mass is 10.0. The molecule has 0 unspecified atom stereocenters. The number of fused-ring (bicyclic) bond motifs is 1. The van der Waals surface area contributed by atoms with Crippen molar-refractivity contribution in [1.82, 2.24) is 10.2 Å². The molecular weight excluding hydrogens is 438 g/mol. The molecular formula is C29H31N3OS. The number of piperazine rings is 1. The van der Waals surface area contributed by atoms with Gasteiger partial charge in [0.25, 0.3) is 5.91 Å². The summed E-state index contributed by atoms with van der Waals surface area (Å²) in [6.45, 7) is 6.18. The summed E-state index contributed by atoms with van der Waals surface area (Å²) in [5.41, 5.74) is 4.40. The Hall–Kier alpha value is -3.15. The first-order valence-corrected chi connectivity index (χ1v) is 13.0. The predicted molar refractivity (Wildman–Crippen MR) is 144 cm³/mol. The van der Waals surface area contributed by atoms with Crippen LogP contribution in [0.1, 0.15) is 23.2 Å². The van der Waals surface area contributed by atoms with Crippen molar-refractivity contribution in [3.63, 3.8) is 0 Å². The smallest absolute Gasteiger partial charge is 0.251 e. The molecule has 1 fully saturated rings. The van der Waals surface area contributed by atoms with E-state index in [-0.39, 0.29) is 5.91 Å². The number of amides is 1. The second-order valence-electron chi connectivity index (χ2n) is 8.85. The first-order chi connectivity index (χ1) is 16.8. The van der Waals surface area contributed by atoms with Gasteiger partial charge in [-0.2, -0.15) is 0 Å². The molecule has 5 heteroatoms. The van der Waals surface area contributed by atoms with Gasteiger partial charge in [-0.1, -0.05) is 60.7 Å². The maximum atomic E-state index is 12.5. The van der Waals surface area contributed by atoms with Gasteiger partial charge in [0.15, 0.2) is 0 Å². The maximum absolute atomic E-state index is 12.5. The largest absolute Gasteiger partial charge is 0.368 e. The van der Waals surface area contributed by atoms with Crippen LogP contribution in [0.4, 0.5) is 5.69 Å². The second kappa shape index (κ2) is 10.9. The molecule has 174 valence electrons. The lowest BCUT2D eigenvalue weighted by Gasteiger charge is -2.35. The van der Waals surface area contributed by atoms with Crippen LogP contribution in [0.25, 0.3) is 21.2 Å². The van der Waals surface area contributed by atoms with Gasteiger partial charge >= 0.3 is 0 Å². The zero-order chi connectivity index (χ0) is 23.2. The summed E-state index contributed by atoms with van der Waals surface area (Å²) in [5, 5.41) is 6.76. The summed E-state index contributed by atoms with van der Waals surface area (Å²) >= 11 is 1.84. The molecule has 2 heterocycles. The van der Waals surface area contributed by atoms with Crippen LogP contribution in [0, 0.1) is 0 Å². The van der Waals surface area contributed by atoms with Gasteiger partial charge in [-0.15, -0.1) is 11.3 Å². The van der Waals surface area contributed by atoms with Gasteiger partial charge in [-0.3, -0.25) is 9.69 Å². The molecule has 1 aromatic heterocycles. The Labute approximate surface area is 205 Å². The SMILES string of the molecule is O=C(NCCCCN1CCN(c2csc3ccccc23)CC1)c1ccc(-c2ccccc2)cc1. The van der Waals surface area contributed by atoms with Gasteiger partial charge < -0.3 is 10.2 Å². The number of hydrogen-bond acceptors (Lipinski definition) is 4. The molecule has 1 saturated heterocycles. The van der Waals surface area contributed by atoms with E-state index in [2.05, 4.69) is 56.9 Å². The van der Waals surface area contributed by atoms with E-state index in [4.69, 9.17) is 0 Å². The Bertz CT molecular complexity index is 1210. The third-order valence-corrected chi connectivity index (χ3v) is 7.57. The van der Waals surface area contributed by atoms with Gasteiger partial charge in [0.05, 0.1) is 5.69 Å². The topological polar surface area (TPSA) is 35.6 Å². The fourth-order valence-corrected chi connectivity index (χ4v) is 5.60. The third-order valence-electron chi connectivity index (χ3n) is 6.61. The monoisotopic (exact) mass is 469 g/mol. The number of carbonyl (C=O) groups is 1. The molecule has 5 rings (SSSR count). The molecule has 0 spiro atoms. The number of benzene rings is 3. The molecule has 0 saturated carbocycles. The van der Waals surface area contributed by atoms with Crippen molar-refractivity contribution in [3.05, 3.63) is 89.8 Å². The van der Waals surface area contributed by atoms with E-state index in [1.54, 1.807) is 0 Å². The van der Waals surface area contributed by atoms with Crippen molar-refractivity contribution in [2.24, 2.45) is 0 Å². The highest BCUT2D eigenvalue weighted by Crippen LogP contribution is 2.33. The first-order valence-electron chi connectivity index (χ1n) is 12.2. The third kappa shape index (κ3) is 5.32. The maximum Gasteiger partial charge on any atom is 0.251 e. The highest BCUT2D eigenvalue weighted by molar-refractivity contribution is 7.17. The zero-order valence-corrected chi connectivity index (χ0v) is 20.3. The lowest BCUT2D eigenvalue weighted by molar-refractivity contribution is 0.0952. The summed E-state index contributed by atoms with van der Waals surface area (Å²) < 4.78 is 1.37. The fraction of sp³-hybridized carbons (Fsp3) is 0.276. The number of rotatable bonds is 8. The van der Waals surface area contributed by atoms with E-state index in [9.17, 15) is 4.79 Å². The molecule has 34 heavy (non-hydrogen) atoms. The van der Waals surface area contributed by atoms with Crippen LogP contribution >= 0.6 is 11.3 Å². The second-order valence-corrected chi connectivity index (χ2v) is 9.76. The van der Waals surface area contributed by atoms with Crippen molar-refractivity contribution in [3.8, 4) is 11.1 Å². The molecule has 0 atom stereocenters. The quantitative estimate of drug-likeness (QED) is 0.326. The van der Waals surface area contributed by atoms with E-state index in [1.165, 1.54) is 21.3 Å². The molecule has 0 radical (unpaired) electrons. The predicted octanol–water partition coefficient (Wildman–Crippen LogP) is 5.90. The van der Waals surface area contributed by atoms with Crippen molar-refractivity contribution in [2.75, 3.05) is 44.2 Å². The highest BCUT2D eigenvalue weighted by Gasteiger charge is 2.19. The van der Waals surface area contributed by atoms with Crippen molar-refractivity contribution >= 4 is 33.0 Å². The number of anilines is 1. The average Bonchev–Trinajstić information content (AvgIpc) is 3.34. The molecule has 4 nitrogen and oxygen atoms in total. The molecule has 4 aromatic rings. The minimum absolute atomic E-state index is 0.0104. The number of unbranched alkanes of at least 4 members (excludes halogenated alkanes) is 1. The van der Waals surface area contributed by atoms with Crippen molar-refractivity contribution < 1.29 is 4.79 Å². The van der Waals surface area contributed by atoms with Gasteiger partial charge in [-0.05, 0) is 48.7 Å². The normalized spacial score (nSPS) is 14.4. The van der Waals surface area contributed by atoms with E-state index in [1.807, 2.05) is 53.8 Å². The van der Waals surface area contributed by atoms with Crippen LogP contribution in [0.15, 0.2) is 84.2 Å². The van der Waals surface area contributed by atoms with Gasteiger partial charge in [0.1, 0.15) is 0 Å². The Morgan fingerprint density at radius 3 is 2.29 bits per heavy atom. The number of carbonyl (C=O) groups excluding carboxylic acids is 1. The molecule has 1 amide bonds. The van der Waals surface area contributed by atoms with Crippen LogP contribution in [0.3, 0.4) is 0 Å². The van der Waals surface area contributed by atoms with Crippen molar-refractivity contribution in [2.45, 2.75) is 12.8 Å². The number of thiophene rings is 1. The van der Waals surface area contributed by atoms with Crippen LogP contribution < -0.4 is 10.2 Å². The molecule has 0 bridgehead atoms. The van der Waals surface area contributed by atoms with Gasteiger partial charge in [0.2, 0.25) is 0 Å². The summed E-state index contributed by atoms with van der Waals surface area (Å²) in [6.07, 6.45) is 2.11. The zero-order valence-electron chi connectivity index (χ0n) is 19.5. The van der Waals surface area contributed by atoms with Crippen LogP contribution in [0.5, 0.6) is 0 Å². The van der Waals surface area contributed by atoms with E-state index in [0.29, 0.717) is 0 Å². The Morgan fingerprint density at radius 2 is 1.50 bits per heavy atom. The van der Waals surface area contributed by atoms with E-state index in [0.717, 1.165) is 63.2 Å². The standard InChI is InChI=1S/C29H31N3OS/c33-29(25-14-12-24(13-15-25)23-8-2-1-3-9-23)30-16-6-7-17-31-18-20-32(21-19-31)27-22-34-28-11-5-4-10-26(27)28/h1-5,8-15,22H,6-7,16-21H2,(H,30,33). The lowest BCUT2D eigenvalue weighted by Crippen LogP contribution is -2.46. The molecule has 3 aromatic carbocycles. The fourth-order valence-electron chi connectivity index (χ4n) is 4.63. The molecule has 1 N–H and O–H groups in total. The summed E-state index contributed by atoms with van der Waals surface area (Å²) in [7, 11) is 0. The molecule has 1 aliphatic rings. The van der Waals surface area contributed by atoms with Crippen molar-refractivity contribution in [1.29, 1.82) is 0 Å². The molecule has 0 aliphatic carbocycles. The number of nitrogens with one attached hydrogen (secondary N) is 1. The first kappa shape index (κ1) is 22.6. The average molecular weight is 470 g/mol. The number of nitrogens with zero attached hydrogens (tertiary/aromatic N) is 2. The Morgan fingerprint density at radius 1 is 0.794 bits per heavy atom. The minimum atomic E-state index is 0.0104. The van der Waals surface area contributed by atoms with Crippen LogP contribution in [-0.2, 0) is 0 Å². The summed E-state index contributed by atoms with van der Waals surface area (Å²) in [6, 6.07) is 26.8. The Balaban J connectivity index is 1.01. The van der Waals surface area contributed by atoms with Gasteiger partial charge in [0, 0.05) is 53.8 Å². The summed E-state index contributed by atoms with van der Waals surface area (Å²) in [4.78, 5) is 17.6. The Kier molecular flexibility index (Phi) is 7.22. The van der Waals surface area contributed by atoms with E-state index >= 15 is 0 Å². The van der Waals surface area contributed by atoms with E-state index < -0.39 is 0 Å². The number of hydrogen-bond donors (Lipinski definition) is 1. The van der Waals surface area contributed by atoms with Crippen LogP contribution in [0.2, 0.25) is 0 Å². The molecule has 1 aliphatic heterocycles. The van der Waals surface area contributed by atoms with Gasteiger partial charge in [-0.25, -0.2) is 0 Å². The highest BCUT2D eigenvalue weighted by atomic mass is 32.1.